The molecule has 2 N–H and O–H groups in total. The van der Waals surface area contributed by atoms with E-state index in [9.17, 15) is 14.9 Å². The highest BCUT2D eigenvalue weighted by molar-refractivity contribution is 5.98. The zero-order valence-electron chi connectivity index (χ0n) is 25.7. The van der Waals surface area contributed by atoms with E-state index in [2.05, 4.69) is 21.8 Å². The number of anilines is 3. The summed E-state index contributed by atoms with van der Waals surface area (Å²) in [6, 6.07) is 11.2. The number of carbonyl (C=O) groups excluding carboxylic acids is 2. The molecule has 2 aromatic heterocycles. The predicted molar refractivity (Wildman–Crippen MR) is 167 cm³/mol. The quantitative estimate of drug-likeness (QED) is 0.157. The first kappa shape index (κ1) is 32.5. The highest BCUT2D eigenvalue weighted by Crippen LogP contribution is 2.37. The van der Waals surface area contributed by atoms with Gasteiger partial charge in [-0.1, -0.05) is 6.92 Å². The Balaban J connectivity index is 1.94. The van der Waals surface area contributed by atoms with Crippen LogP contribution in [0.4, 0.5) is 26.8 Å². The Morgan fingerprint density at radius 3 is 2.37 bits per heavy atom. The largest absolute Gasteiger partial charge is 0.494 e. The normalized spacial score (nSPS) is 11.6. The number of rotatable bonds is 13. The second-order valence-corrected chi connectivity index (χ2v) is 9.73. The van der Waals surface area contributed by atoms with Crippen molar-refractivity contribution in [2.45, 2.75) is 60.8 Å². The molecule has 0 unspecified atom stereocenters. The Labute approximate surface area is 252 Å². The summed E-state index contributed by atoms with van der Waals surface area (Å²) in [5.74, 6) is 2.09. The number of allylic oxidation sites excluding steroid dienone is 4. The molecular formula is C32H40N6O5. The number of unbranched alkanes of at least 4 members (excludes halogenated alkanes) is 1. The highest BCUT2D eigenvalue weighted by atomic mass is 16.6. The molecule has 0 aliphatic carbocycles. The van der Waals surface area contributed by atoms with Crippen LogP contribution in [-0.2, 0) is 9.47 Å². The molecule has 0 bridgehead atoms. The van der Waals surface area contributed by atoms with E-state index < -0.39 is 12.2 Å². The minimum atomic E-state index is -0.625. The van der Waals surface area contributed by atoms with E-state index in [0.717, 1.165) is 6.42 Å². The first-order valence-corrected chi connectivity index (χ1v) is 14.4. The zero-order valence-corrected chi connectivity index (χ0v) is 25.7. The molecule has 0 fully saturated rings. The molecule has 11 heteroatoms. The van der Waals surface area contributed by atoms with Crippen molar-refractivity contribution in [3.63, 3.8) is 0 Å². The maximum absolute atomic E-state index is 13.7. The number of pyridine rings is 1. The topological polar surface area (TPSA) is 130 Å². The van der Waals surface area contributed by atoms with E-state index in [1.165, 1.54) is 4.90 Å². The minimum absolute atomic E-state index is 0.406. The maximum atomic E-state index is 13.7. The maximum Gasteiger partial charge on any atom is 0.425 e. The molecule has 0 aliphatic rings. The molecule has 0 atom stereocenters. The first-order chi connectivity index (χ1) is 20.7. The smallest absolute Gasteiger partial charge is 0.425 e. The number of benzene rings is 1. The molecule has 3 rings (SSSR count). The van der Waals surface area contributed by atoms with Crippen LogP contribution in [0.25, 0.3) is 5.52 Å². The molecule has 2 heterocycles. The lowest BCUT2D eigenvalue weighted by atomic mass is 10.1. The molecule has 0 spiro atoms. The van der Waals surface area contributed by atoms with Crippen molar-refractivity contribution in [3.05, 3.63) is 71.3 Å². The molecule has 11 nitrogen and oxygen atoms in total. The fraction of sp³-hybridized carbons (Fsp3) is 0.375. The van der Waals surface area contributed by atoms with Crippen molar-refractivity contribution >= 4 is 34.9 Å². The van der Waals surface area contributed by atoms with Gasteiger partial charge in [-0.2, -0.15) is 10.4 Å². The first-order valence-electron chi connectivity index (χ1n) is 14.4. The number of nitriles is 1. The summed E-state index contributed by atoms with van der Waals surface area (Å²) in [5, 5.41) is 20.7. The SMILES string of the molecule is C/C=C(\C)OC(=O)NCCCCNc1c(C)c(N(C(=O)O/C(C)=C/C)c2ccc(OCCC)cc2)n2nccc2c1C#N. The van der Waals surface area contributed by atoms with Crippen molar-refractivity contribution in [3.8, 4) is 11.8 Å². The number of ether oxygens (including phenoxy) is 3. The van der Waals surface area contributed by atoms with Gasteiger partial charge in [0.1, 0.15) is 34.7 Å². The third-order valence-corrected chi connectivity index (χ3v) is 6.62. The average Bonchev–Trinajstić information content (AvgIpc) is 3.49. The summed E-state index contributed by atoms with van der Waals surface area (Å²) in [5.41, 5.74) is 2.71. The fourth-order valence-corrected chi connectivity index (χ4v) is 4.21. The van der Waals surface area contributed by atoms with Crippen LogP contribution in [0.15, 0.2) is 60.2 Å². The van der Waals surface area contributed by atoms with E-state index in [4.69, 9.17) is 14.2 Å². The standard InChI is InChI=1S/C32H40N6O5/c1-7-20-41-26-14-12-25(13-15-26)37(32(40)43-23(5)9-3)30-24(6)29(27(21-33)28-16-19-36-38(28)30)34-17-10-11-18-35-31(39)42-22(4)8-2/h8-9,12-16,19,34H,7,10-11,17-18,20H2,1-6H3,(H,35,39)/b22-8+,23-9+. The van der Waals surface area contributed by atoms with Crippen LogP contribution in [0.1, 0.15) is 65.0 Å². The predicted octanol–water partition coefficient (Wildman–Crippen LogP) is 7.34. The Bertz CT molecular complexity index is 1520. The lowest BCUT2D eigenvalue weighted by Gasteiger charge is -2.27. The Morgan fingerprint density at radius 1 is 1.05 bits per heavy atom. The second kappa shape index (κ2) is 15.9. The van der Waals surface area contributed by atoms with E-state index in [1.807, 2.05) is 13.8 Å². The average molecular weight is 589 g/mol. The van der Waals surface area contributed by atoms with Gasteiger partial charge in [0.2, 0.25) is 0 Å². The third kappa shape index (κ3) is 8.29. The Kier molecular flexibility index (Phi) is 12.0. The molecule has 2 amide bonds. The molecule has 0 saturated heterocycles. The number of amides is 2. The number of aromatic nitrogens is 2. The van der Waals surface area contributed by atoms with Gasteiger partial charge in [0.25, 0.3) is 0 Å². The van der Waals surface area contributed by atoms with E-state index in [1.54, 1.807) is 80.9 Å². The Morgan fingerprint density at radius 2 is 1.72 bits per heavy atom. The van der Waals surface area contributed by atoms with Crippen molar-refractivity contribution in [1.29, 1.82) is 5.26 Å². The summed E-state index contributed by atoms with van der Waals surface area (Å²) in [6.45, 7) is 12.4. The van der Waals surface area contributed by atoms with Gasteiger partial charge in [-0.15, -0.1) is 0 Å². The fourth-order valence-electron chi connectivity index (χ4n) is 4.21. The zero-order chi connectivity index (χ0) is 31.4. The van der Waals surface area contributed by atoms with Gasteiger partial charge >= 0.3 is 12.2 Å². The van der Waals surface area contributed by atoms with Gasteiger partial charge in [0.05, 0.1) is 29.7 Å². The number of hydrogen-bond donors (Lipinski definition) is 2. The van der Waals surface area contributed by atoms with E-state index in [0.29, 0.717) is 83.6 Å². The van der Waals surface area contributed by atoms with Crippen LogP contribution in [-0.4, -0.2) is 41.5 Å². The van der Waals surface area contributed by atoms with Crippen LogP contribution in [0.3, 0.4) is 0 Å². The van der Waals surface area contributed by atoms with Crippen molar-refractivity contribution in [1.82, 2.24) is 14.9 Å². The van der Waals surface area contributed by atoms with Gasteiger partial charge in [-0.25, -0.2) is 19.0 Å². The van der Waals surface area contributed by atoms with Gasteiger partial charge in [0.15, 0.2) is 0 Å². The van der Waals surface area contributed by atoms with E-state index >= 15 is 0 Å². The van der Waals surface area contributed by atoms with Crippen LogP contribution in [0.5, 0.6) is 5.75 Å². The number of carbonyl (C=O) groups is 2. The highest BCUT2D eigenvalue weighted by Gasteiger charge is 2.28. The number of alkyl carbamates (subject to hydrolysis) is 1. The number of nitrogens with zero attached hydrogens (tertiary/aromatic N) is 4. The van der Waals surface area contributed by atoms with Gasteiger partial charge in [-0.3, -0.25) is 0 Å². The molecular weight excluding hydrogens is 548 g/mol. The minimum Gasteiger partial charge on any atom is -0.494 e. The monoisotopic (exact) mass is 588 g/mol. The van der Waals surface area contributed by atoms with Gasteiger partial charge < -0.3 is 24.8 Å². The van der Waals surface area contributed by atoms with Crippen LogP contribution >= 0.6 is 0 Å². The molecule has 0 radical (unpaired) electrons. The molecule has 0 saturated carbocycles. The summed E-state index contributed by atoms with van der Waals surface area (Å²) in [6.07, 6.45) is 6.16. The summed E-state index contributed by atoms with van der Waals surface area (Å²) in [7, 11) is 0. The van der Waals surface area contributed by atoms with Gasteiger partial charge in [0, 0.05) is 18.7 Å². The molecule has 228 valence electrons. The van der Waals surface area contributed by atoms with Crippen LogP contribution < -0.4 is 20.3 Å². The molecule has 43 heavy (non-hydrogen) atoms. The molecule has 0 aliphatic heterocycles. The lowest BCUT2D eigenvalue weighted by Crippen LogP contribution is -2.30. The molecule has 3 aromatic rings. The number of fused-ring (bicyclic) bond motifs is 1. The second-order valence-electron chi connectivity index (χ2n) is 9.73. The van der Waals surface area contributed by atoms with Gasteiger partial charge in [-0.05, 0) is 96.4 Å². The van der Waals surface area contributed by atoms with Crippen LogP contribution in [0, 0.1) is 18.3 Å². The number of nitrogens with one attached hydrogen (secondary N) is 2. The number of hydrogen-bond acceptors (Lipinski definition) is 8. The van der Waals surface area contributed by atoms with Crippen molar-refractivity contribution in [2.24, 2.45) is 0 Å². The summed E-state index contributed by atoms with van der Waals surface area (Å²) in [4.78, 5) is 27.0. The summed E-state index contributed by atoms with van der Waals surface area (Å²) >= 11 is 0. The summed E-state index contributed by atoms with van der Waals surface area (Å²) < 4.78 is 18.1. The van der Waals surface area contributed by atoms with Crippen molar-refractivity contribution < 1.29 is 23.8 Å². The van der Waals surface area contributed by atoms with E-state index in [-0.39, 0.29) is 0 Å². The van der Waals surface area contributed by atoms with Crippen molar-refractivity contribution in [2.75, 3.05) is 29.9 Å². The Hall–Kier alpha value is -4.98. The lowest BCUT2D eigenvalue weighted by molar-refractivity contribution is 0.176. The molecule has 1 aromatic carbocycles. The van der Waals surface area contributed by atoms with Crippen LogP contribution in [0.2, 0.25) is 0 Å². The third-order valence-electron chi connectivity index (χ3n) is 6.62.